The summed E-state index contributed by atoms with van der Waals surface area (Å²) in [7, 11) is 0. The third-order valence-corrected chi connectivity index (χ3v) is 3.49. The van der Waals surface area contributed by atoms with Gasteiger partial charge < -0.3 is 10.6 Å². The van der Waals surface area contributed by atoms with Crippen molar-refractivity contribution in [1.29, 1.82) is 0 Å². The van der Waals surface area contributed by atoms with Gasteiger partial charge in [0.1, 0.15) is 5.82 Å². The lowest BCUT2D eigenvalue weighted by Gasteiger charge is -2.08. The minimum atomic E-state index is -0.232. The Morgan fingerprint density at radius 3 is 2.85 bits per heavy atom. The lowest BCUT2D eigenvalue weighted by Crippen LogP contribution is -2.13. The van der Waals surface area contributed by atoms with E-state index in [4.69, 9.17) is 11.6 Å². The zero-order chi connectivity index (χ0) is 14.5. The first-order valence-electron chi connectivity index (χ1n) is 6.06. The minimum Gasteiger partial charge on any atom is -0.369 e. The minimum absolute atomic E-state index is 0.232. The average molecular weight is 402 g/mol. The van der Waals surface area contributed by atoms with Crippen LogP contribution in [0.5, 0.6) is 0 Å². The largest absolute Gasteiger partial charge is 0.369 e. The summed E-state index contributed by atoms with van der Waals surface area (Å²) in [5.74, 6) is 0.351. The maximum Gasteiger partial charge on any atom is 0.257 e. The Hall–Kier alpha value is -1.34. The molecule has 0 aliphatic rings. The molecule has 6 heteroatoms. The van der Waals surface area contributed by atoms with E-state index in [1.165, 1.54) is 6.20 Å². The molecule has 0 aliphatic carbocycles. The summed E-state index contributed by atoms with van der Waals surface area (Å²) in [6.45, 7) is 2.68. The number of rotatable bonds is 4. The van der Waals surface area contributed by atoms with E-state index < -0.39 is 0 Å². The van der Waals surface area contributed by atoms with Crippen molar-refractivity contribution in [2.24, 2.45) is 0 Å². The lowest BCUT2D eigenvalue weighted by molar-refractivity contribution is 0.102. The molecule has 0 unspecified atom stereocenters. The maximum atomic E-state index is 12.1. The number of nitrogens with zero attached hydrogens (tertiary/aromatic N) is 1. The normalized spacial score (nSPS) is 10.2. The van der Waals surface area contributed by atoms with Crippen molar-refractivity contribution in [1.82, 2.24) is 4.98 Å². The molecule has 1 aromatic heterocycles. The first-order chi connectivity index (χ1) is 9.60. The zero-order valence-electron chi connectivity index (χ0n) is 10.8. The van der Waals surface area contributed by atoms with Crippen LogP contribution in [0.2, 0.25) is 5.02 Å². The highest BCUT2D eigenvalue weighted by molar-refractivity contribution is 14.1. The predicted molar refractivity (Wildman–Crippen MR) is 90.5 cm³/mol. The highest BCUT2D eigenvalue weighted by Gasteiger charge is 2.10. The van der Waals surface area contributed by atoms with Gasteiger partial charge in [0.2, 0.25) is 0 Å². The second kappa shape index (κ2) is 6.90. The molecule has 2 rings (SSSR count). The molecule has 0 aliphatic heterocycles. The van der Waals surface area contributed by atoms with Crippen LogP contribution in [0.25, 0.3) is 0 Å². The Morgan fingerprint density at radius 1 is 1.40 bits per heavy atom. The van der Waals surface area contributed by atoms with E-state index in [2.05, 4.69) is 38.2 Å². The summed E-state index contributed by atoms with van der Waals surface area (Å²) in [6, 6.07) is 9.18. The number of carbonyl (C=O) groups is 1. The number of aromatic nitrogens is 1. The van der Waals surface area contributed by atoms with Crippen LogP contribution in [0.3, 0.4) is 0 Å². The number of carbonyl (C=O) groups excluding carboxylic acids is 1. The number of amides is 1. The highest BCUT2D eigenvalue weighted by Crippen LogP contribution is 2.21. The summed E-state index contributed by atoms with van der Waals surface area (Å²) in [6.07, 6.45) is 1.51. The molecule has 0 saturated heterocycles. The zero-order valence-corrected chi connectivity index (χ0v) is 13.7. The van der Waals surface area contributed by atoms with Gasteiger partial charge >= 0.3 is 0 Å². The number of anilines is 2. The van der Waals surface area contributed by atoms with E-state index in [1.807, 2.05) is 31.2 Å². The molecule has 0 spiro atoms. The number of halogens is 2. The molecule has 20 heavy (non-hydrogen) atoms. The van der Waals surface area contributed by atoms with Crippen LogP contribution in [0.4, 0.5) is 11.5 Å². The fourth-order valence-corrected chi connectivity index (χ4v) is 2.41. The Morgan fingerprint density at radius 2 is 2.20 bits per heavy atom. The van der Waals surface area contributed by atoms with E-state index in [0.717, 1.165) is 15.8 Å². The number of pyridine rings is 1. The van der Waals surface area contributed by atoms with Crippen LogP contribution in [-0.2, 0) is 0 Å². The highest BCUT2D eigenvalue weighted by atomic mass is 127. The first-order valence-corrected chi connectivity index (χ1v) is 7.52. The van der Waals surface area contributed by atoms with E-state index in [-0.39, 0.29) is 5.91 Å². The first kappa shape index (κ1) is 15.1. The van der Waals surface area contributed by atoms with Crippen LogP contribution < -0.4 is 10.6 Å². The van der Waals surface area contributed by atoms with Gasteiger partial charge in [0.15, 0.2) is 0 Å². The molecule has 1 heterocycles. The van der Waals surface area contributed by atoms with E-state index in [1.54, 1.807) is 6.07 Å². The second-order valence-electron chi connectivity index (χ2n) is 4.05. The molecule has 104 valence electrons. The van der Waals surface area contributed by atoms with Gasteiger partial charge in [-0.25, -0.2) is 4.98 Å². The molecule has 0 atom stereocenters. The molecule has 0 bridgehead atoms. The molecule has 4 nitrogen and oxygen atoms in total. The van der Waals surface area contributed by atoms with Crippen molar-refractivity contribution in [3.63, 3.8) is 0 Å². The number of benzene rings is 1. The van der Waals surface area contributed by atoms with Gasteiger partial charge in [-0.05, 0) is 53.8 Å². The molecule has 0 saturated carbocycles. The van der Waals surface area contributed by atoms with E-state index in [0.29, 0.717) is 16.4 Å². The second-order valence-corrected chi connectivity index (χ2v) is 5.70. The molecule has 1 amide bonds. The van der Waals surface area contributed by atoms with Crippen molar-refractivity contribution in [3.05, 3.63) is 50.7 Å². The summed E-state index contributed by atoms with van der Waals surface area (Å²) >= 11 is 8.27. The Bertz CT molecular complexity index is 634. The van der Waals surface area contributed by atoms with E-state index >= 15 is 0 Å². The Balaban J connectivity index is 2.15. The van der Waals surface area contributed by atoms with Crippen LogP contribution in [0, 0.1) is 3.57 Å². The monoisotopic (exact) mass is 401 g/mol. The van der Waals surface area contributed by atoms with Crippen molar-refractivity contribution in [3.8, 4) is 0 Å². The smallest absolute Gasteiger partial charge is 0.257 e. The average Bonchev–Trinajstić information content (AvgIpc) is 2.41. The van der Waals surface area contributed by atoms with Gasteiger partial charge in [-0.1, -0.05) is 17.7 Å². The number of hydrogen-bond acceptors (Lipinski definition) is 3. The van der Waals surface area contributed by atoms with Gasteiger partial charge in [-0.2, -0.15) is 0 Å². The van der Waals surface area contributed by atoms with Gasteiger partial charge in [0.05, 0.1) is 10.6 Å². The van der Waals surface area contributed by atoms with Crippen molar-refractivity contribution in [2.75, 3.05) is 17.2 Å². The summed E-state index contributed by atoms with van der Waals surface area (Å²) in [5.41, 5.74) is 1.17. The fraction of sp³-hybridized carbons (Fsp3) is 0.143. The van der Waals surface area contributed by atoms with Crippen LogP contribution in [0.1, 0.15) is 17.3 Å². The third-order valence-electron chi connectivity index (χ3n) is 2.53. The molecule has 2 N–H and O–H groups in total. The van der Waals surface area contributed by atoms with Gasteiger partial charge in [-0.15, -0.1) is 0 Å². The number of hydrogen-bond donors (Lipinski definition) is 2. The summed E-state index contributed by atoms with van der Waals surface area (Å²) in [4.78, 5) is 16.3. The predicted octanol–water partition coefficient (Wildman–Crippen LogP) is 4.02. The molecule has 2 aromatic rings. The molecule has 0 fully saturated rings. The Labute approximate surface area is 136 Å². The summed E-state index contributed by atoms with van der Waals surface area (Å²) in [5, 5.41) is 6.27. The molecular formula is C14H13ClIN3O. The van der Waals surface area contributed by atoms with Gasteiger partial charge in [0, 0.05) is 22.0 Å². The Kier molecular flexibility index (Phi) is 5.19. The standard InChI is InChI=1S/C14H13ClIN3O/c1-2-17-13-12(15)6-9(8-18-13)14(20)19-11-5-3-4-10(16)7-11/h3-8H,2H2,1H3,(H,17,18)(H,19,20). The molecule has 1 aromatic carbocycles. The van der Waals surface area contributed by atoms with E-state index in [9.17, 15) is 4.79 Å². The SMILES string of the molecule is CCNc1ncc(C(=O)Nc2cccc(I)c2)cc1Cl. The van der Waals surface area contributed by atoms with Crippen molar-refractivity contribution >= 4 is 51.6 Å². The molecular weight excluding hydrogens is 389 g/mol. The summed E-state index contributed by atoms with van der Waals surface area (Å²) < 4.78 is 1.05. The topological polar surface area (TPSA) is 54.0 Å². The number of nitrogens with one attached hydrogen (secondary N) is 2. The van der Waals surface area contributed by atoms with Crippen molar-refractivity contribution in [2.45, 2.75) is 6.92 Å². The van der Waals surface area contributed by atoms with Crippen LogP contribution in [0.15, 0.2) is 36.5 Å². The van der Waals surface area contributed by atoms with Crippen LogP contribution in [-0.4, -0.2) is 17.4 Å². The lowest BCUT2D eigenvalue weighted by atomic mass is 10.2. The quantitative estimate of drug-likeness (QED) is 0.761. The van der Waals surface area contributed by atoms with Crippen LogP contribution >= 0.6 is 34.2 Å². The maximum absolute atomic E-state index is 12.1. The van der Waals surface area contributed by atoms with Crippen molar-refractivity contribution < 1.29 is 4.79 Å². The fourth-order valence-electron chi connectivity index (χ4n) is 1.63. The molecule has 0 radical (unpaired) electrons. The third kappa shape index (κ3) is 3.83. The van der Waals surface area contributed by atoms with Gasteiger partial charge in [-0.3, -0.25) is 4.79 Å². The van der Waals surface area contributed by atoms with Gasteiger partial charge in [0.25, 0.3) is 5.91 Å².